The first kappa shape index (κ1) is 68.8. The molecule has 0 aromatic heterocycles. The molecule has 0 rings (SSSR count). The largest absolute Gasteiger partial charge is 0.500 e. The van der Waals surface area contributed by atoms with E-state index in [9.17, 15) is 47.9 Å². The van der Waals surface area contributed by atoms with Gasteiger partial charge in [-0.15, -0.1) is 0 Å². The number of amides is 2. The molecule has 0 aromatic carbocycles. The lowest BCUT2D eigenvalue weighted by Crippen LogP contribution is -2.42. The maximum absolute atomic E-state index is 13.8. The number of carboxylic acid groups (broad SMARTS) is 1. The lowest BCUT2D eigenvalue weighted by atomic mass is 9.86. The molecule has 73 heavy (non-hydrogen) atoms. The van der Waals surface area contributed by atoms with Crippen LogP contribution in [0.15, 0.2) is 4.99 Å². The lowest BCUT2D eigenvalue weighted by Gasteiger charge is -2.24. The van der Waals surface area contributed by atoms with E-state index in [0.29, 0.717) is 76.5 Å². The molecule has 0 aliphatic rings. The third-order valence-corrected chi connectivity index (χ3v) is 16.7. The Bertz CT molecular complexity index is 1770. The molecule has 0 spiro atoms. The number of methoxy groups -OCH3 is 1. The van der Waals surface area contributed by atoms with Crippen LogP contribution in [-0.4, -0.2) is 175 Å². The number of nitrogens with zero attached hydrogens (tertiary/aromatic N) is 2. The first-order valence-electron chi connectivity index (χ1n) is 24.3. The van der Waals surface area contributed by atoms with Gasteiger partial charge >= 0.3 is 20.7 Å². The zero-order valence-corrected chi connectivity index (χ0v) is 45.9. The van der Waals surface area contributed by atoms with Crippen LogP contribution in [-0.2, 0) is 70.7 Å². The van der Waals surface area contributed by atoms with E-state index < -0.39 is 98.7 Å². The second kappa shape index (κ2) is 41.1. The average molecular weight is 1090 g/mol. The van der Waals surface area contributed by atoms with Gasteiger partial charge in [-0.25, -0.2) is 0 Å². The SMILES string of the molecule is COCCOC(=O)CCN(CCSSCC(NC(C)=O)C(=O)CC(CCCCN)C(=O)C[CH]C(=O)CC(CCCN=C(N)N)C(=O)C[CH]C(=O)CC(CC(=O)O)C(N)=O)CCC(=O)CCC[Si](OC)(OC)OC. The highest BCUT2D eigenvalue weighted by Crippen LogP contribution is 2.26. The molecule has 0 fully saturated rings. The summed E-state index contributed by atoms with van der Waals surface area (Å²) < 4.78 is 26.5. The second-order valence-corrected chi connectivity index (χ2v) is 22.9. The highest BCUT2D eigenvalue weighted by molar-refractivity contribution is 8.76. The fourth-order valence-electron chi connectivity index (χ4n) is 7.28. The van der Waals surface area contributed by atoms with Gasteiger partial charge in [-0.05, 0) is 38.6 Å². The summed E-state index contributed by atoms with van der Waals surface area (Å²) in [6.45, 7) is 3.40. The van der Waals surface area contributed by atoms with E-state index >= 15 is 0 Å². The molecule has 0 saturated heterocycles. The standard InChI is InChI=1S/C47H81N7O16S2Si/c1-33(55)53-40(32-72-71-26-23-54(22-18-45(64)70-25-24-66-2)21-17-37(56)12-9-27-73(67-3,68-4)69-5)43(61)30-35(10-6-7-19-48)42(60)16-13-38(57)28-34(11-8-20-52-47(50)51)41(59)15-14-39(58)29-36(46(49)65)31-44(62)63/h13-14,34-36,40H,6-12,15-32,48H2,1-5H3,(H2,49,65)(H,53,55)(H,62,63)(H4,50,51,52). The molecule has 2 radical (unpaired) electrons. The maximum Gasteiger partial charge on any atom is 0.500 e. The van der Waals surface area contributed by atoms with Crippen LogP contribution in [0.5, 0.6) is 0 Å². The molecule has 2 amide bonds. The van der Waals surface area contributed by atoms with Gasteiger partial charge in [0, 0.05) is 149 Å². The molecule has 23 nitrogen and oxygen atoms in total. The van der Waals surface area contributed by atoms with Crippen molar-refractivity contribution in [3.05, 3.63) is 12.8 Å². The normalized spacial score (nSPS) is 13.1. The van der Waals surface area contributed by atoms with Gasteiger partial charge in [-0.1, -0.05) is 28.0 Å². The third kappa shape index (κ3) is 34.1. The van der Waals surface area contributed by atoms with Gasteiger partial charge in [-0.2, -0.15) is 0 Å². The van der Waals surface area contributed by atoms with Crippen LogP contribution in [0.25, 0.3) is 0 Å². The minimum atomic E-state index is -2.82. The first-order chi connectivity index (χ1) is 34.6. The Kier molecular flexibility index (Phi) is 38.8. The summed E-state index contributed by atoms with van der Waals surface area (Å²) >= 11 is 0. The zero-order valence-electron chi connectivity index (χ0n) is 43.2. The summed E-state index contributed by atoms with van der Waals surface area (Å²) in [5.41, 5.74) is 21.8. The van der Waals surface area contributed by atoms with Crippen molar-refractivity contribution < 1.29 is 75.8 Å². The van der Waals surface area contributed by atoms with Crippen LogP contribution < -0.4 is 28.3 Å². The molecule has 0 bridgehead atoms. The van der Waals surface area contributed by atoms with E-state index in [4.69, 9.17) is 50.8 Å². The number of nitrogens with two attached hydrogens (primary N) is 4. The van der Waals surface area contributed by atoms with Gasteiger partial charge in [0.15, 0.2) is 11.7 Å². The van der Waals surface area contributed by atoms with Crippen LogP contribution in [0.3, 0.4) is 0 Å². The van der Waals surface area contributed by atoms with Gasteiger partial charge in [-0.3, -0.25) is 52.9 Å². The number of nitrogens with one attached hydrogen (secondary N) is 1. The summed E-state index contributed by atoms with van der Waals surface area (Å²) in [6.07, 6.45) is 2.77. The molecule has 0 heterocycles. The van der Waals surface area contributed by atoms with Crippen molar-refractivity contribution in [1.82, 2.24) is 10.2 Å². The van der Waals surface area contributed by atoms with Gasteiger partial charge in [0.1, 0.15) is 35.5 Å². The van der Waals surface area contributed by atoms with Crippen molar-refractivity contribution in [3.63, 3.8) is 0 Å². The number of ether oxygens (including phenoxy) is 2. The number of carbonyl (C=O) groups excluding carboxylic acids is 9. The molecule has 0 aliphatic heterocycles. The number of unbranched alkanes of at least 4 members (excludes halogenated alkanes) is 1. The molecule has 4 atom stereocenters. The predicted octanol–water partition coefficient (Wildman–Crippen LogP) is 1.57. The highest BCUT2D eigenvalue weighted by Gasteiger charge is 2.37. The Morgan fingerprint density at radius 3 is 1.84 bits per heavy atom. The Labute approximate surface area is 438 Å². The molecule has 0 aromatic rings. The summed E-state index contributed by atoms with van der Waals surface area (Å²) in [4.78, 5) is 133. The summed E-state index contributed by atoms with van der Waals surface area (Å²) in [5.74, 6) is -7.99. The van der Waals surface area contributed by atoms with Crippen LogP contribution in [0.1, 0.15) is 103 Å². The number of rotatable bonds is 49. The minimum Gasteiger partial charge on any atom is -0.481 e. The number of aliphatic imine (C=N–C) groups is 1. The van der Waals surface area contributed by atoms with Gasteiger partial charge in [0.2, 0.25) is 11.8 Å². The smallest absolute Gasteiger partial charge is 0.481 e. The number of primary amides is 1. The van der Waals surface area contributed by atoms with Crippen LogP contribution in [0, 0.1) is 30.6 Å². The Morgan fingerprint density at radius 1 is 0.699 bits per heavy atom. The molecular weight excluding hydrogens is 1010 g/mol. The number of hydrogen-bond acceptors (Lipinski definition) is 20. The number of esters is 1. The molecular formula is C47H81N7O16S2Si. The predicted molar refractivity (Wildman–Crippen MR) is 278 cm³/mol. The number of carboxylic acids is 1. The van der Waals surface area contributed by atoms with Crippen molar-refractivity contribution >= 4 is 94.8 Å². The summed E-state index contributed by atoms with van der Waals surface area (Å²) in [5, 5.41) is 11.7. The average Bonchev–Trinajstić information content (AvgIpc) is 3.34. The number of Topliss-reactive ketones (excluding diaryl/α,β-unsaturated/α-hetero) is 6. The second-order valence-electron chi connectivity index (χ2n) is 17.2. The van der Waals surface area contributed by atoms with E-state index in [2.05, 4.69) is 10.3 Å². The van der Waals surface area contributed by atoms with Gasteiger partial charge in [0.25, 0.3) is 0 Å². The molecule has 0 saturated carbocycles. The van der Waals surface area contributed by atoms with E-state index in [1.165, 1.54) is 57.0 Å². The van der Waals surface area contributed by atoms with E-state index in [1.807, 2.05) is 4.90 Å². The number of aliphatic carboxylic acids is 1. The quantitative estimate of drug-likeness (QED) is 0.0126. The summed E-state index contributed by atoms with van der Waals surface area (Å²) in [7, 11) is 6.01. The highest BCUT2D eigenvalue weighted by atomic mass is 33.1. The van der Waals surface area contributed by atoms with Crippen LogP contribution >= 0.6 is 21.6 Å². The van der Waals surface area contributed by atoms with E-state index in [1.54, 1.807) is 0 Å². The van der Waals surface area contributed by atoms with Crippen molar-refractivity contribution in [3.8, 4) is 0 Å². The topological polar surface area (TPSA) is 369 Å². The minimum absolute atomic E-state index is 0.0350. The summed E-state index contributed by atoms with van der Waals surface area (Å²) in [6, 6.07) is -0.458. The maximum atomic E-state index is 13.8. The van der Waals surface area contributed by atoms with E-state index in [0.717, 1.165) is 12.8 Å². The van der Waals surface area contributed by atoms with Gasteiger partial charge < -0.3 is 61.0 Å². The lowest BCUT2D eigenvalue weighted by molar-refractivity contribution is -0.145. The molecule has 0 aliphatic carbocycles. The molecule has 416 valence electrons. The molecule has 26 heteroatoms. The molecule has 10 N–H and O–H groups in total. The van der Waals surface area contributed by atoms with Crippen molar-refractivity contribution in [2.45, 2.75) is 115 Å². The number of guanidine groups is 1. The van der Waals surface area contributed by atoms with Crippen LogP contribution in [0.2, 0.25) is 6.04 Å². The number of ketones is 6. The zero-order chi connectivity index (χ0) is 55.2. The fourth-order valence-corrected chi connectivity index (χ4v) is 11.2. The fraction of sp³-hybridized carbons (Fsp3) is 0.723. The van der Waals surface area contributed by atoms with E-state index in [-0.39, 0.29) is 81.6 Å². The first-order valence-corrected chi connectivity index (χ1v) is 28.7. The number of hydrogen-bond donors (Lipinski definition) is 6. The van der Waals surface area contributed by atoms with Crippen molar-refractivity contribution in [1.29, 1.82) is 0 Å². The third-order valence-electron chi connectivity index (χ3n) is 11.5. The molecule has 4 unspecified atom stereocenters. The monoisotopic (exact) mass is 1090 g/mol. The Hall–Kier alpha value is -4.15. The Morgan fingerprint density at radius 2 is 1.29 bits per heavy atom. The van der Waals surface area contributed by atoms with Crippen molar-refractivity contribution in [2.75, 3.05) is 85.9 Å². The van der Waals surface area contributed by atoms with Gasteiger partial charge in [0.05, 0.1) is 31.4 Å². The van der Waals surface area contributed by atoms with Crippen LogP contribution in [0.4, 0.5) is 0 Å². The van der Waals surface area contributed by atoms with Crippen molar-refractivity contribution in [2.24, 2.45) is 45.7 Å². The Balaban J connectivity index is 5.72. The number of carbonyl (C=O) groups is 10.